The second-order valence-electron chi connectivity index (χ2n) is 6.99. The Bertz CT molecular complexity index is 847. The third kappa shape index (κ3) is 3.49. The molecule has 0 radical (unpaired) electrons. The van der Waals surface area contributed by atoms with Crippen LogP contribution in [-0.2, 0) is 16.0 Å². The Morgan fingerprint density at radius 2 is 1.85 bits per heavy atom. The minimum Gasteiger partial charge on any atom is -0.325 e. The zero-order valence-corrected chi connectivity index (χ0v) is 15.6. The monoisotopic (exact) mass is 366 g/mol. The number of rotatable bonds is 5. The molecule has 5 heteroatoms. The average molecular weight is 366 g/mol. The zero-order chi connectivity index (χ0) is 18.1. The molecule has 2 amide bonds. The second kappa shape index (κ2) is 7.16. The van der Waals surface area contributed by atoms with Gasteiger partial charge in [-0.2, -0.15) is 0 Å². The molecule has 1 N–H and O–H groups in total. The van der Waals surface area contributed by atoms with Crippen molar-refractivity contribution in [1.82, 2.24) is 0 Å². The molecule has 0 spiro atoms. The zero-order valence-electron chi connectivity index (χ0n) is 14.8. The van der Waals surface area contributed by atoms with Crippen LogP contribution in [0.4, 0.5) is 11.4 Å². The summed E-state index contributed by atoms with van der Waals surface area (Å²) in [6.07, 6.45) is 2.86. The first-order valence-electron chi connectivity index (χ1n) is 9.06. The summed E-state index contributed by atoms with van der Waals surface area (Å²) in [6, 6.07) is 16.0. The number of thioether (sulfide) groups is 1. The van der Waals surface area contributed by atoms with Gasteiger partial charge < -0.3 is 10.2 Å². The van der Waals surface area contributed by atoms with Crippen LogP contribution in [0, 0.1) is 5.92 Å². The van der Waals surface area contributed by atoms with Crippen molar-refractivity contribution in [3.63, 3.8) is 0 Å². The first-order chi connectivity index (χ1) is 12.6. The summed E-state index contributed by atoms with van der Waals surface area (Å²) < 4.78 is 0. The van der Waals surface area contributed by atoms with Crippen LogP contribution in [0.15, 0.2) is 53.4 Å². The highest BCUT2D eigenvalue weighted by Crippen LogP contribution is 2.35. The third-order valence-corrected chi connectivity index (χ3v) is 5.98. The molecular formula is C21H22N2O2S. The highest BCUT2D eigenvalue weighted by molar-refractivity contribution is 8.00. The standard InChI is InChI=1S/C21H22N2O2S/c1-14-12-16-6-2-4-8-18(16)23(14)20(24)13-26-19-9-5-3-7-17(19)22-21(25)15-10-11-15/h2-9,14-15H,10-13H2,1H3,(H,22,25). The van der Waals surface area contributed by atoms with Crippen molar-refractivity contribution in [2.24, 2.45) is 5.92 Å². The van der Waals surface area contributed by atoms with Gasteiger partial charge in [0.05, 0.1) is 11.4 Å². The van der Waals surface area contributed by atoms with Gasteiger partial charge in [0.1, 0.15) is 0 Å². The lowest BCUT2D eigenvalue weighted by molar-refractivity contribution is -0.117. The van der Waals surface area contributed by atoms with E-state index in [0.29, 0.717) is 5.75 Å². The van der Waals surface area contributed by atoms with Crippen LogP contribution in [-0.4, -0.2) is 23.6 Å². The Labute approximate surface area is 158 Å². The molecule has 4 nitrogen and oxygen atoms in total. The van der Waals surface area contributed by atoms with Crippen LogP contribution >= 0.6 is 11.8 Å². The van der Waals surface area contributed by atoms with E-state index >= 15 is 0 Å². The molecule has 26 heavy (non-hydrogen) atoms. The molecule has 1 heterocycles. The number of anilines is 2. The number of para-hydroxylation sites is 2. The van der Waals surface area contributed by atoms with Gasteiger partial charge in [-0.1, -0.05) is 30.3 Å². The Balaban J connectivity index is 1.44. The van der Waals surface area contributed by atoms with E-state index in [9.17, 15) is 9.59 Å². The van der Waals surface area contributed by atoms with Crippen LogP contribution in [0.25, 0.3) is 0 Å². The maximum atomic E-state index is 12.9. The summed E-state index contributed by atoms with van der Waals surface area (Å²) in [5.74, 6) is 0.716. The second-order valence-corrected chi connectivity index (χ2v) is 8.01. The lowest BCUT2D eigenvalue weighted by Gasteiger charge is -2.22. The van der Waals surface area contributed by atoms with Gasteiger partial charge in [-0.15, -0.1) is 11.8 Å². The van der Waals surface area contributed by atoms with Gasteiger partial charge in [-0.3, -0.25) is 9.59 Å². The molecule has 1 aliphatic heterocycles. The first kappa shape index (κ1) is 17.2. The lowest BCUT2D eigenvalue weighted by Crippen LogP contribution is -2.36. The average Bonchev–Trinajstić information content (AvgIpc) is 3.43. The summed E-state index contributed by atoms with van der Waals surface area (Å²) in [5, 5.41) is 3.01. The third-order valence-electron chi connectivity index (χ3n) is 4.92. The molecule has 4 rings (SSSR count). The predicted octanol–water partition coefficient (Wildman–Crippen LogP) is 4.11. The first-order valence-corrected chi connectivity index (χ1v) is 10.0. The Hall–Kier alpha value is -2.27. The van der Waals surface area contributed by atoms with Crippen LogP contribution in [0.2, 0.25) is 0 Å². The van der Waals surface area contributed by atoms with Gasteiger partial charge in [0.15, 0.2) is 0 Å². The van der Waals surface area contributed by atoms with Crippen molar-refractivity contribution in [2.75, 3.05) is 16.0 Å². The number of hydrogen-bond acceptors (Lipinski definition) is 3. The number of hydrogen-bond donors (Lipinski definition) is 1. The van der Waals surface area contributed by atoms with Crippen LogP contribution in [0.1, 0.15) is 25.3 Å². The van der Waals surface area contributed by atoms with E-state index in [-0.39, 0.29) is 23.8 Å². The van der Waals surface area contributed by atoms with E-state index in [4.69, 9.17) is 0 Å². The molecule has 0 bridgehead atoms. The van der Waals surface area contributed by atoms with E-state index in [2.05, 4.69) is 18.3 Å². The van der Waals surface area contributed by atoms with Crippen LogP contribution in [0.3, 0.4) is 0 Å². The Morgan fingerprint density at radius 3 is 2.65 bits per heavy atom. The fourth-order valence-corrected chi connectivity index (χ4v) is 4.30. The summed E-state index contributed by atoms with van der Waals surface area (Å²) >= 11 is 1.49. The highest BCUT2D eigenvalue weighted by Gasteiger charge is 2.31. The molecule has 134 valence electrons. The van der Waals surface area contributed by atoms with Crippen molar-refractivity contribution in [3.05, 3.63) is 54.1 Å². The normalized spacial score (nSPS) is 18.5. The number of nitrogens with one attached hydrogen (secondary N) is 1. The maximum Gasteiger partial charge on any atom is 0.237 e. The summed E-state index contributed by atoms with van der Waals surface area (Å²) in [7, 11) is 0. The van der Waals surface area contributed by atoms with Gasteiger partial charge in [-0.05, 0) is 49.9 Å². The molecule has 0 saturated heterocycles. The number of fused-ring (bicyclic) bond motifs is 1. The number of benzene rings is 2. The van der Waals surface area contributed by atoms with E-state index < -0.39 is 0 Å². The number of carbonyl (C=O) groups excluding carboxylic acids is 2. The maximum absolute atomic E-state index is 12.9. The van der Waals surface area contributed by atoms with E-state index in [1.807, 2.05) is 47.4 Å². The predicted molar refractivity (Wildman–Crippen MR) is 106 cm³/mol. The van der Waals surface area contributed by atoms with E-state index in [1.165, 1.54) is 17.3 Å². The minimum absolute atomic E-state index is 0.0893. The molecule has 1 aliphatic carbocycles. The van der Waals surface area contributed by atoms with Crippen molar-refractivity contribution in [1.29, 1.82) is 0 Å². The van der Waals surface area contributed by atoms with Gasteiger partial charge in [0.25, 0.3) is 0 Å². The van der Waals surface area contributed by atoms with Gasteiger partial charge in [-0.25, -0.2) is 0 Å². The lowest BCUT2D eigenvalue weighted by atomic mass is 10.1. The van der Waals surface area contributed by atoms with E-state index in [1.54, 1.807) is 0 Å². The fraction of sp³-hybridized carbons (Fsp3) is 0.333. The minimum atomic E-state index is 0.0893. The molecule has 2 aromatic rings. The quantitative estimate of drug-likeness (QED) is 0.811. The van der Waals surface area contributed by atoms with Gasteiger partial charge in [0, 0.05) is 22.5 Å². The summed E-state index contributed by atoms with van der Waals surface area (Å²) in [4.78, 5) is 27.8. The number of nitrogens with zero attached hydrogens (tertiary/aromatic N) is 1. The fourth-order valence-electron chi connectivity index (χ4n) is 3.43. The van der Waals surface area contributed by atoms with E-state index in [0.717, 1.165) is 35.5 Å². The number of amides is 2. The van der Waals surface area contributed by atoms with Crippen molar-refractivity contribution >= 4 is 35.0 Å². The molecule has 2 aliphatic rings. The highest BCUT2D eigenvalue weighted by atomic mass is 32.2. The number of carbonyl (C=O) groups is 2. The SMILES string of the molecule is CC1Cc2ccccc2N1C(=O)CSc1ccccc1NC(=O)C1CC1. The van der Waals surface area contributed by atoms with Crippen LogP contribution < -0.4 is 10.2 Å². The topological polar surface area (TPSA) is 49.4 Å². The van der Waals surface area contributed by atoms with Crippen molar-refractivity contribution < 1.29 is 9.59 Å². The van der Waals surface area contributed by atoms with Gasteiger partial charge >= 0.3 is 0 Å². The molecule has 1 fully saturated rings. The largest absolute Gasteiger partial charge is 0.325 e. The van der Waals surface area contributed by atoms with Crippen LogP contribution in [0.5, 0.6) is 0 Å². The Kier molecular flexibility index (Phi) is 4.72. The van der Waals surface area contributed by atoms with Crippen molar-refractivity contribution in [2.45, 2.75) is 37.1 Å². The van der Waals surface area contributed by atoms with Crippen molar-refractivity contribution in [3.8, 4) is 0 Å². The molecule has 0 aromatic heterocycles. The molecular weight excluding hydrogens is 344 g/mol. The summed E-state index contributed by atoms with van der Waals surface area (Å²) in [5.41, 5.74) is 3.06. The Morgan fingerprint density at radius 1 is 1.12 bits per heavy atom. The molecule has 1 atom stereocenters. The molecule has 2 aromatic carbocycles. The molecule has 1 saturated carbocycles. The smallest absolute Gasteiger partial charge is 0.237 e. The molecule has 1 unspecified atom stereocenters. The summed E-state index contributed by atoms with van der Waals surface area (Å²) in [6.45, 7) is 2.09. The van der Waals surface area contributed by atoms with Gasteiger partial charge in [0.2, 0.25) is 11.8 Å².